The Morgan fingerprint density at radius 2 is 1.76 bits per heavy atom. The normalized spacial score (nSPS) is 27.4. The largest absolute Gasteiger partial charge is 0.493 e. The maximum Gasteiger partial charge on any atom is 0.256 e. The maximum absolute atomic E-state index is 13.5. The van der Waals surface area contributed by atoms with E-state index in [1.807, 2.05) is 18.0 Å². The summed E-state index contributed by atoms with van der Waals surface area (Å²) >= 11 is 0. The van der Waals surface area contributed by atoms with Crippen LogP contribution in [0.3, 0.4) is 0 Å². The molecule has 3 atom stereocenters. The Bertz CT molecular complexity index is 749. The number of fused-ring (bicyclic) bond motifs is 2. The van der Waals surface area contributed by atoms with Gasteiger partial charge in [-0.3, -0.25) is 4.79 Å². The zero-order valence-electron chi connectivity index (χ0n) is 17.6. The molecule has 7 nitrogen and oxygen atoms in total. The number of methoxy groups -OCH3 is 2. The molecule has 1 saturated heterocycles. The molecule has 29 heavy (non-hydrogen) atoms. The van der Waals surface area contributed by atoms with Gasteiger partial charge in [0.2, 0.25) is 0 Å². The first-order chi connectivity index (χ1) is 14.1. The maximum atomic E-state index is 13.5. The molecule has 1 aromatic rings. The van der Waals surface area contributed by atoms with Crippen LogP contribution in [-0.2, 0) is 4.74 Å². The molecule has 1 amide bonds. The standard InChI is InChI=1S/C22H32N2O5/c1-23-17-12-19(28-3)18(27-2)11-16(17)21(26)24-10-9-14(13-25)20(24)22(23)29-15-7-5-4-6-8-15/h11-12,14-15,20,22,25H,4-10,13H2,1-3H3/t14-,20-,22?/m0/s1. The van der Waals surface area contributed by atoms with Crippen LogP contribution in [0.2, 0.25) is 0 Å². The van der Waals surface area contributed by atoms with Crippen LogP contribution in [0.1, 0.15) is 48.9 Å². The number of likely N-dealkylation sites (N-methyl/N-ethyl adjacent to an activating group) is 1. The van der Waals surface area contributed by atoms with Gasteiger partial charge in [0.25, 0.3) is 5.91 Å². The van der Waals surface area contributed by atoms with Crippen molar-refractivity contribution < 1.29 is 24.1 Å². The first-order valence-corrected chi connectivity index (χ1v) is 10.6. The monoisotopic (exact) mass is 404 g/mol. The van der Waals surface area contributed by atoms with Gasteiger partial charge in [0, 0.05) is 32.2 Å². The summed E-state index contributed by atoms with van der Waals surface area (Å²) in [5.41, 5.74) is 1.36. The Labute approximate surface area is 172 Å². The number of aliphatic hydroxyl groups is 1. The average molecular weight is 405 g/mol. The molecule has 3 aliphatic rings. The van der Waals surface area contributed by atoms with Crippen molar-refractivity contribution in [3.63, 3.8) is 0 Å². The minimum atomic E-state index is -0.305. The number of amides is 1. The van der Waals surface area contributed by atoms with Crippen molar-refractivity contribution in [3.8, 4) is 11.5 Å². The Hall–Kier alpha value is -1.99. The van der Waals surface area contributed by atoms with Gasteiger partial charge >= 0.3 is 0 Å². The second-order valence-electron chi connectivity index (χ2n) is 8.34. The fourth-order valence-corrected chi connectivity index (χ4v) is 5.12. The van der Waals surface area contributed by atoms with Crippen molar-refractivity contribution in [2.45, 2.75) is 56.9 Å². The third kappa shape index (κ3) is 3.55. The van der Waals surface area contributed by atoms with Crippen LogP contribution in [0.4, 0.5) is 5.69 Å². The lowest BCUT2D eigenvalue weighted by molar-refractivity contribution is -0.0676. The smallest absolute Gasteiger partial charge is 0.256 e. The van der Waals surface area contributed by atoms with E-state index in [9.17, 15) is 9.90 Å². The second kappa shape index (κ2) is 8.40. The Morgan fingerprint density at radius 1 is 1.07 bits per heavy atom. The number of rotatable bonds is 5. The van der Waals surface area contributed by atoms with Crippen LogP contribution in [-0.4, -0.2) is 68.7 Å². The Balaban J connectivity index is 1.77. The molecule has 160 valence electrons. The van der Waals surface area contributed by atoms with E-state index < -0.39 is 0 Å². The molecule has 1 saturated carbocycles. The molecule has 1 N–H and O–H groups in total. The van der Waals surface area contributed by atoms with E-state index in [-0.39, 0.29) is 36.8 Å². The van der Waals surface area contributed by atoms with Crippen molar-refractivity contribution in [3.05, 3.63) is 17.7 Å². The predicted molar refractivity (Wildman–Crippen MR) is 110 cm³/mol. The summed E-state index contributed by atoms with van der Waals surface area (Å²) < 4.78 is 17.6. The predicted octanol–water partition coefficient (Wildman–Crippen LogP) is 2.65. The van der Waals surface area contributed by atoms with E-state index in [0.717, 1.165) is 24.9 Å². The highest BCUT2D eigenvalue weighted by molar-refractivity contribution is 6.02. The lowest BCUT2D eigenvalue weighted by Crippen LogP contribution is -2.53. The molecular formula is C22H32N2O5. The van der Waals surface area contributed by atoms with Gasteiger partial charge in [-0.2, -0.15) is 0 Å². The molecule has 1 aromatic carbocycles. The molecule has 1 unspecified atom stereocenters. The molecule has 7 heteroatoms. The van der Waals surface area contributed by atoms with Crippen LogP contribution in [0.5, 0.6) is 11.5 Å². The van der Waals surface area contributed by atoms with Gasteiger partial charge in [0.05, 0.1) is 37.6 Å². The summed E-state index contributed by atoms with van der Waals surface area (Å²) in [6.07, 6.45) is 6.39. The molecule has 4 rings (SSSR count). The molecular weight excluding hydrogens is 372 g/mol. The third-order valence-electron chi connectivity index (χ3n) is 6.75. The molecule has 0 aromatic heterocycles. The van der Waals surface area contributed by atoms with E-state index >= 15 is 0 Å². The number of hydrogen-bond donors (Lipinski definition) is 1. The SMILES string of the molecule is COc1cc2c(cc1OC)N(C)C(OC1CCCCC1)[C@@H]1[C@H](CO)CCN1C2=O. The lowest BCUT2D eigenvalue weighted by atomic mass is 9.96. The van der Waals surface area contributed by atoms with Gasteiger partial charge in [-0.1, -0.05) is 19.3 Å². The number of ether oxygens (including phenoxy) is 3. The topological polar surface area (TPSA) is 71.5 Å². The average Bonchev–Trinajstić information content (AvgIpc) is 3.17. The molecule has 0 spiro atoms. The van der Waals surface area contributed by atoms with Crippen LogP contribution in [0, 0.1) is 5.92 Å². The van der Waals surface area contributed by atoms with Crippen molar-refractivity contribution in [2.75, 3.05) is 39.3 Å². The minimum Gasteiger partial charge on any atom is -0.493 e. The van der Waals surface area contributed by atoms with Gasteiger partial charge in [0.1, 0.15) is 0 Å². The zero-order chi connectivity index (χ0) is 20.5. The summed E-state index contributed by atoms with van der Waals surface area (Å²) in [6, 6.07) is 3.45. The van der Waals surface area contributed by atoms with Gasteiger partial charge in [0.15, 0.2) is 17.7 Å². The molecule has 0 radical (unpaired) electrons. The molecule has 2 heterocycles. The van der Waals surface area contributed by atoms with Crippen LogP contribution < -0.4 is 14.4 Å². The van der Waals surface area contributed by atoms with Crippen LogP contribution in [0.15, 0.2) is 12.1 Å². The fourth-order valence-electron chi connectivity index (χ4n) is 5.12. The number of nitrogens with zero attached hydrogens (tertiary/aromatic N) is 2. The van der Waals surface area contributed by atoms with Crippen LogP contribution in [0.25, 0.3) is 0 Å². The molecule has 2 aliphatic heterocycles. The summed E-state index contributed by atoms with van der Waals surface area (Å²) in [7, 11) is 5.14. The molecule has 0 bridgehead atoms. The number of hydrogen-bond acceptors (Lipinski definition) is 6. The summed E-state index contributed by atoms with van der Waals surface area (Å²) in [6.45, 7) is 0.677. The van der Waals surface area contributed by atoms with E-state index in [1.54, 1.807) is 20.3 Å². The van der Waals surface area contributed by atoms with E-state index in [1.165, 1.54) is 19.3 Å². The first kappa shape index (κ1) is 20.3. The van der Waals surface area contributed by atoms with Crippen molar-refractivity contribution in [1.29, 1.82) is 0 Å². The number of aliphatic hydroxyl groups excluding tert-OH is 1. The van der Waals surface area contributed by atoms with Crippen molar-refractivity contribution in [2.24, 2.45) is 5.92 Å². The second-order valence-corrected chi connectivity index (χ2v) is 8.34. The van der Waals surface area contributed by atoms with Crippen LogP contribution >= 0.6 is 0 Å². The highest BCUT2D eigenvalue weighted by Crippen LogP contribution is 2.42. The van der Waals surface area contributed by atoms with Crippen molar-refractivity contribution in [1.82, 2.24) is 4.90 Å². The highest BCUT2D eigenvalue weighted by Gasteiger charge is 2.48. The fraction of sp³-hybridized carbons (Fsp3) is 0.682. The quantitative estimate of drug-likeness (QED) is 0.814. The van der Waals surface area contributed by atoms with Gasteiger partial charge in [-0.05, 0) is 25.3 Å². The Kier molecular flexibility index (Phi) is 5.88. The van der Waals surface area contributed by atoms with Crippen molar-refractivity contribution >= 4 is 11.6 Å². The van der Waals surface area contributed by atoms with Gasteiger partial charge in [-0.25, -0.2) is 0 Å². The zero-order valence-corrected chi connectivity index (χ0v) is 17.6. The first-order valence-electron chi connectivity index (χ1n) is 10.6. The number of benzene rings is 1. The third-order valence-corrected chi connectivity index (χ3v) is 6.75. The minimum absolute atomic E-state index is 0.00749. The van der Waals surface area contributed by atoms with E-state index in [4.69, 9.17) is 14.2 Å². The number of anilines is 1. The van der Waals surface area contributed by atoms with E-state index in [0.29, 0.717) is 23.6 Å². The summed E-state index contributed by atoms with van der Waals surface area (Å²) in [5.74, 6) is 1.09. The van der Waals surface area contributed by atoms with Gasteiger partial charge < -0.3 is 29.1 Å². The Morgan fingerprint density at radius 3 is 2.41 bits per heavy atom. The number of carbonyl (C=O) groups excluding carboxylic acids is 1. The highest BCUT2D eigenvalue weighted by atomic mass is 16.5. The number of carbonyl (C=O) groups is 1. The summed E-state index contributed by atoms with van der Waals surface area (Å²) in [5, 5.41) is 10.0. The summed E-state index contributed by atoms with van der Waals surface area (Å²) in [4.78, 5) is 17.4. The van der Waals surface area contributed by atoms with E-state index in [2.05, 4.69) is 4.90 Å². The molecule has 1 aliphatic carbocycles. The molecule has 2 fully saturated rings. The lowest BCUT2D eigenvalue weighted by Gasteiger charge is -2.40. The van der Waals surface area contributed by atoms with Gasteiger partial charge in [-0.15, -0.1) is 0 Å².